The van der Waals surface area contributed by atoms with E-state index in [1.54, 1.807) is 6.07 Å². The first kappa shape index (κ1) is 16.1. The number of likely N-dealkylation sites (tertiary alicyclic amines) is 1. The summed E-state index contributed by atoms with van der Waals surface area (Å²) in [7, 11) is 1.50. The van der Waals surface area contributed by atoms with Gasteiger partial charge >= 0.3 is 0 Å². The van der Waals surface area contributed by atoms with Crippen LogP contribution >= 0.6 is 0 Å². The number of phenols is 1. The van der Waals surface area contributed by atoms with E-state index >= 15 is 0 Å². The van der Waals surface area contributed by atoms with Crippen molar-refractivity contribution in [1.29, 1.82) is 0 Å². The molecular weight excluding hydrogens is 296 g/mol. The number of hydrogen-bond acceptors (Lipinski definition) is 5. The first-order chi connectivity index (χ1) is 11.1. The highest BCUT2D eigenvalue weighted by Crippen LogP contribution is 2.29. The first-order valence-corrected chi connectivity index (χ1v) is 8.20. The fraction of sp³-hybridized carbons (Fsp3) is 0.588. The number of carbonyl (C=O) groups is 1. The van der Waals surface area contributed by atoms with Gasteiger partial charge in [0.05, 0.1) is 24.8 Å². The van der Waals surface area contributed by atoms with Gasteiger partial charge in [0.25, 0.3) is 5.91 Å². The Kier molecular flexibility index (Phi) is 4.73. The molecule has 0 spiro atoms. The van der Waals surface area contributed by atoms with E-state index in [4.69, 9.17) is 4.74 Å². The molecule has 6 heteroatoms. The molecule has 2 fully saturated rings. The lowest BCUT2D eigenvalue weighted by Gasteiger charge is -2.28. The number of aliphatic hydroxyl groups excluding tert-OH is 1. The van der Waals surface area contributed by atoms with Crippen LogP contribution in [0.15, 0.2) is 18.2 Å². The molecule has 3 N–H and O–H groups in total. The predicted octanol–water partition coefficient (Wildman–Crippen LogP) is 1.12. The first-order valence-electron chi connectivity index (χ1n) is 8.20. The van der Waals surface area contributed by atoms with Crippen molar-refractivity contribution in [3.8, 4) is 11.5 Å². The van der Waals surface area contributed by atoms with Crippen LogP contribution in [0.3, 0.4) is 0 Å². The molecule has 1 aromatic carbocycles. The number of aliphatic hydroxyl groups is 1. The highest BCUT2D eigenvalue weighted by molar-refractivity contribution is 5.97. The fourth-order valence-electron chi connectivity index (χ4n) is 3.67. The van der Waals surface area contributed by atoms with Gasteiger partial charge in [0.1, 0.15) is 11.5 Å². The van der Waals surface area contributed by atoms with Gasteiger partial charge in [0, 0.05) is 12.1 Å². The number of ether oxygens (including phenoxy) is 1. The smallest absolute Gasteiger partial charge is 0.255 e. The second-order valence-corrected chi connectivity index (χ2v) is 6.34. The minimum Gasteiger partial charge on any atom is -0.507 e. The quantitative estimate of drug-likeness (QED) is 0.774. The summed E-state index contributed by atoms with van der Waals surface area (Å²) in [5, 5.41) is 23.3. The van der Waals surface area contributed by atoms with Crippen molar-refractivity contribution in [2.45, 2.75) is 43.9 Å². The molecule has 0 unspecified atom stereocenters. The number of phenolic OH excluding ortho intramolecular Hbond substituents is 1. The van der Waals surface area contributed by atoms with E-state index in [0.717, 1.165) is 25.9 Å². The van der Waals surface area contributed by atoms with E-state index in [-0.39, 0.29) is 29.3 Å². The predicted molar refractivity (Wildman–Crippen MR) is 85.7 cm³/mol. The Bertz CT molecular complexity index is 572. The standard InChI is InChI=1S/C17H24N2O4/c1-23-11-4-5-12(15(20)10-11)17(22)18-13-6-7-14(16(13)21)19-8-2-3-9-19/h4-5,10,13-14,16,20-21H,2-3,6-9H2,1H3,(H,18,22)/t13-,14-,16-/m1/s1. The van der Waals surface area contributed by atoms with Crippen LogP contribution in [0.5, 0.6) is 11.5 Å². The zero-order chi connectivity index (χ0) is 16.4. The summed E-state index contributed by atoms with van der Waals surface area (Å²) in [5.41, 5.74) is 0.197. The van der Waals surface area contributed by atoms with Crippen molar-refractivity contribution < 1.29 is 19.7 Å². The topological polar surface area (TPSA) is 82.0 Å². The van der Waals surface area contributed by atoms with Crippen LogP contribution < -0.4 is 10.1 Å². The van der Waals surface area contributed by atoms with Crippen LogP contribution in [0.4, 0.5) is 0 Å². The zero-order valence-electron chi connectivity index (χ0n) is 13.4. The van der Waals surface area contributed by atoms with E-state index in [9.17, 15) is 15.0 Å². The van der Waals surface area contributed by atoms with Gasteiger partial charge < -0.3 is 20.3 Å². The van der Waals surface area contributed by atoms with Crippen LogP contribution in [0.25, 0.3) is 0 Å². The van der Waals surface area contributed by atoms with Gasteiger partial charge in [-0.2, -0.15) is 0 Å². The molecule has 23 heavy (non-hydrogen) atoms. The molecule has 0 aromatic heterocycles. The van der Waals surface area contributed by atoms with Crippen LogP contribution in [0.1, 0.15) is 36.0 Å². The Labute approximate surface area is 136 Å². The van der Waals surface area contributed by atoms with Crippen molar-refractivity contribution in [3.05, 3.63) is 23.8 Å². The third kappa shape index (κ3) is 3.28. The van der Waals surface area contributed by atoms with Gasteiger partial charge in [-0.25, -0.2) is 0 Å². The molecule has 1 aromatic rings. The van der Waals surface area contributed by atoms with Crippen LogP contribution in [-0.2, 0) is 0 Å². The minimum atomic E-state index is -0.558. The molecule has 6 nitrogen and oxygen atoms in total. The van der Waals surface area contributed by atoms with Crippen molar-refractivity contribution in [2.24, 2.45) is 0 Å². The van der Waals surface area contributed by atoms with Crippen LogP contribution in [0, 0.1) is 0 Å². The van der Waals surface area contributed by atoms with Gasteiger partial charge in [-0.1, -0.05) is 0 Å². The number of benzene rings is 1. The summed E-state index contributed by atoms with van der Waals surface area (Å²) < 4.78 is 5.01. The molecule has 1 amide bonds. The molecule has 0 bridgehead atoms. The molecule has 2 aliphatic rings. The van der Waals surface area contributed by atoms with Crippen molar-refractivity contribution in [3.63, 3.8) is 0 Å². The van der Waals surface area contributed by atoms with E-state index in [0.29, 0.717) is 5.75 Å². The lowest BCUT2D eigenvalue weighted by molar-refractivity contribution is 0.0618. The second-order valence-electron chi connectivity index (χ2n) is 6.34. The number of carbonyl (C=O) groups excluding carboxylic acids is 1. The Balaban J connectivity index is 1.64. The molecule has 1 aliphatic carbocycles. The number of nitrogens with zero attached hydrogens (tertiary/aromatic N) is 1. The van der Waals surface area contributed by atoms with Crippen LogP contribution in [0.2, 0.25) is 0 Å². The van der Waals surface area contributed by atoms with Crippen molar-refractivity contribution >= 4 is 5.91 Å². The van der Waals surface area contributed by atoms with E-state index in [1.165, 1.54) is 32.1 Å². The average Bonchev–Trinajstić information content (AvgIpc) is 3.18. The maximum atomic E-state index is 12.4. The van der Waals surface area contributed by atoms with E-state index in [2.05, 4.69) is 10.2 Å². The van der Waals surface area contributed by atoms with E-state index < -0.39 is 6.10 Å². The third-order valence-corrected chi connectivity index (χ3v) is 4.96. The molecule has 3 rings (SSSR count). The lowest BCUT2D eigenvalue weighted by atomic mass is 10.1. The molecule has 3 atom stereocenters. The van der Waals surface area contributed by atoms with Gasteiger partial charge in [-0.3, -0.25) is 9.69 Å². The average molecular weight is 320 g/mol. The SMILES string of the molecule is COc1ccc(C(=O)N[C@@H]2CC[C@@H](N3CCCC3)[C@@H]2O)c(O)c1. The summed E-state index contributed by atoms with van der Waals surface area (Å²) in [5.74, 6) is 0.00996. The highest BCUT2D eigenvalue weighted by atomic mass is 16.5. The summed E-state index contributed by atoms with van der Waals surface area (Å²) in [6.07, 6.45) is 3.45. The van der Waals surface area contributed by atoms with Gasteiger partial charge in [0.2, 0.25) is 0 Å². The Morgan fingerprint density at radius 2 is 2.04 bits per heavy atom. The Hall–Kier alpha value is -1.79. The summed E-state index contributed by atoms with van der Waals surface area (Å²) in [6.45, 7) is 2.06. The molecule has 1 aliphatic heterocycles. The molecule has 1 saturated heterocycles. The van der Waals surface area contributed by atoms with Crippen LogP contribution in [-0.4, -0.2) is 59.4 Å². The normalized spacial score (nSPS) is 28.0. The maximum Gasteiger partial charge on any atom is 0.255 e. The molecule has 1 saturated carbocycles. The minimum absolute atomic E-state index is 0.120. The van der Waals surface area contributed by atoms with Crippen molar-refractivity contribution in [1.82, 2.24) is 10.2 Å². The monoisotopic (exact) mass is 320 g/mol. The van der Waals surface area contributed by atoms with Gasteiger partial charge in [-0.15, -0.1) is 0 Å². The zero-order valence-corrected chi connectivity index (χ0v) is 13.4. The second kappa shape index (κ2) is 6.76. The Morgan fingerprint density at radius 3 is 2.70 bits per heavy atom. The molecule has 1 heterocycles. The largest absolute Gasteiger partial charge is 0.507 e. The number of hydrogen-bond donors (Lipinski definition) is 3. The lowest BCUT2D eigenvalue weighted by Crippen LogP contribution is -2.47. The number of methoxy groups -OCH3 is 1. The summed E-state index contributed by atoms with van der Waals surface area (Å²) in [6, 6.07) is 4.43. The van der Waals surface area contributed by atoms with E-state index in [1.807, 2.05) is 0 Å². The Morgan fingerprint density at radius 1 is 1.30 bits per heavy atom. The number of nitrogens with one attached hydrogen (secondary N) is 1. The van der Waals surface area contributed by atoms with Gasteiger partial charge in [-0.05, 0) is 50.9 Å². The summed E-state index contributed by atoms with van der Waals surface area (Å²) in [4.78, 5) is 14.7. The molecule has 0 radical (unpaired) electrons. The molecule has 126 valence electrons. The third-order valence-electron chi connectivity index (χ3n) is 4.96. The van der Waals surface area contributed by atoms with Crippen molar-refractivity contribution in [2.75, 3.05) is 20.2 Å². The molecular formula is C17H24N2O4. The van der Waals surface area contributed by atoms with Gasteiger partial charge in [0.15, 0.2) is 0 Å². The highest BCUT2D eigenvalue weighted by Gasteiger charge is 2.39. The maximum absolute atomic E-state index is 12.4. The fourth-order valence-corrected chi connectivity index (χ4v) is 3.67. The number of aromatic hydroxyl groups is 1. The number of amides is 1. The summed E-state index contributed by atoms with van der Waals surface area (Å²) >= 11 is 0. The number of rotatable bonds is 4.